The second-order valence-electron chi connectivity index (χ2n) is 6.82. The first-order chi connectivity index (χ1) is 12.5. The molecule has 3 atom stereocenters. The van der Waals surface area contributed by atoms with Gasteiger partial charge in [0, 0.05) is 6.54 Å². The number of nitrogens with two attached hydrogens (primary N) is 1. The SMILES string of the molecule is CCC(C)COc1ccc(C(CN)NC(=O)C(C)c2ccccc2)cc1. The fraction of sp³-hybridized carbons (Fsp3) is 0.409. The summed E-state index contributed by atoms with van der Waals surface area (Å²) in [6.45, 7) is 7.29. The minimum atomic E-state index is -0.219. The molecule has 0 fully saturated rings. The molecule has 0 aromatic heterocycles. The van der Waals surface area contributed by atoms with Crippen LogP contribution in [0.25, 0.3) is 0 Å². The maximum Gasteiger partial charge on any atom is 0.227 e. The van der Waals surface area contributed by atoms with Crippen LogP contribution in [0.5, 0.6) is 5.75 Å². The van der Waals surface area contributed by atoms with Gasteiger partial charge in [0.1, 0.15) is 5.75 Å². The third-order valence-corrected chi connectivity index (χ3v) is 4.76. The van der Waals surface area contributed by atoms with Crippen molar-refractivity contribution < 1.29 is 9.53 Å². The molecule has 0 radical (unpaired) electrons. The fourth-order valence-electron chi connectivity index (χ4n) is 2.62. The van der Waals surface area contributed by atoms with Gasteiger partial charge in [-0.3, -0.25) is 4.79 Å². The quantitative estimate of drug-likeness (QED) is 0.714. The van der Waals surface area contributed by atoms with E-state index in [1.165, 1.54) is 0 Å². The van der Waals surface area contributed by atoms with Gasteiger partial charge in [-0.25, -0.2) is 0 Å². The predicted molar refractivity (Wildman–Crippen MR) is 106 cm³/mol. The average Bonchev–Trinajstić information content (AvgIpc) is 2.70. The van der Waals surface area contributed by atoms with Gasteiger partial charge in [0.15, 0.2) is 0 Å². The van der Waals surface area contributed by atoms with Crippen LogP contribution >= 0.6 is 0 Å². The van der Waals surface area contributed by atoms with Crippen LogP contribution in [0.4, 0.5) is 0 Å². The number of hydrogen-bond acceptors (Lipinski definition) is 3. The van der Waals surface area contributed by atoms with Gasteiger partial charge in [0.2, 0.25) is 5.91 Å². The first-order valence-corrected chi connectivity index (χ1v) is 9.33. The van der Waals surface area contributed by atoms with Gasteiger partial charge in [0.05, 0.1) is 18.6 Å². The monoisotopic (exact) mass is 354 g/mol. The summed E-state index contributed by atoms with van der Waals surface area (Å²) in [6.07, 6.45) is 1.10. The lowest BCUT2D eigenvalue weighted by Crippen LogP contribution is -2.35. The van der Waals surface area contributed by atoms with E-state index in [4.69, 9.17) is 10.5 Å². The molecule has 0 aliphatic carbocycles. The highest BCUT2D eigenvalue weighted by Crippen LogP contribution is 2.20. The molecule has 2 rings (SSSR count). The predicted octanol–water partition coefficient (Wildman–Crippen LogP) is 4.03. The van der Waals surface area contributed by atoms with Gasteiger partial charge < -0.3 is 15.8 Å². The van der Waals surface area contributed by atoms with Crippen molar-refractivity contribution in [2.24, 2.45) is 11.7 Å². The Labute approximate surface area is 156 Å². The first-order valence-electron chi connectivity index (χ1n) is 9.33. The molecule has 0 aliphatic heterocycles. The van der Waals surface area contributed by atoms with Crippen LogP contribution in [-0.4, -0.2) is 19.1 Å². The van der Waals surface area contributed by atoms with Crippen LogP contribution in [0.15, 0.2) is 54.6 Å². The maximum absolute atomic E-state index is 12.6. The van der Waals surface area contributed by atoms with Gasteiger partial charge in [-0.1, -0.05) is 62.7 Å². The molecule has 140 valence electrons. The third-order valence-electron chi connectivity index (χ3n) is 4.76. The molecule has 1 amide bonds. The highest BCUT2D eigenvalue weighted by atomic mass is 16.5. The summed E-state index contributed by atoms with van der Waals surface area (Å²) in [5.41, 5.74) is 7.88. The number of rotatable bonds is 9. The van der Waals surface area contributed by atoms with E-state index in [0.717, 1.165) is 23.3 Å². The molecule has 2 aromatic rings. The maximum atomic E-state index is 12.6. The van der Waals surface area contributed by atoms with Crippen molar-refractivity contribution in [3.05, 3.63) is 65.7 Å². The van der Waals surface area contributed by atoms with Gasteiger partial charge in [-0.15, -0.1) is 0 Å². The molecule has 4 nitrogen and oxygen atoms in total. The van der Waals surface area contributed by atoms with Crippen LogP contribution < -0.4 is 15.8 Å². The summed E-state index contributed by atoms with van der Waals surface area (Å²) in [7, 11) is 0. The Morgan fingerprint density at radius 3 is 2.27 bits per heavy atom. The van der Waals surface area contributed by atoms with Crippen molar-refractivity contribution in [1.29, 1.82) is 0 Å². The first kappa shape index (κ1) is 20.0. The molecular formula is C22H30N2O2. The van der Waals surface area contributed by atoms with Crippen LogP contribution in [0.3, 0.4) is 0 Å². The van der Waals surface area contributed by atoms with Crippen LogP contribution in [0.2, 0.25) is 0 Å². The second-order valence-corrected chi connectivity index (χ2v) is 6.82. The van der Waals surface area contributed by atoms with Crippen molar-refractivity contribution in [3.63, 3.8) is 0 Å². The fourth-order valence-corrected chi connectivity index (χ4v) is 2.62. The Hall–Kier alpha value is -2.33. The Balaban J connectivity index is 1.98. The number of carbonyl (C=O) groups excluding carboxylic acids is 1. The summed E-state index contributed by atoms with van der Waals surface area (Å²) in [5, 5.41) is 3.06. The summed E-state index contributed by atoms with van der Waals surface area (Å²) < 4.78 is 5.79. The van der Waals surface area contributed by atoms with Crippen LogP contribution in [0.1, 0.15) is 50.3 Å². The molecule has 0 aliphatic rings. The largest absolute Gasteiger partial charge is 0.493 e. The standard InChI is InChI=1S/C22H30N2O2/c1-4-16(2)15-26-20-12-10-19(11-13-20)21(14-23)24-22(25)17(3)18-8-6-5-7-9-18/h5-13,16-17,21H,4,14-15,23H2,1-3H3,(H,24,25). The van der Waals surface area contributed by atoms with Crippen molar-refractivity contribution in [2.45, 2.75) is 39.2 Å². The van der Waals surface area contributed by atoms with Crippen molar-refractivity contribution >= 4 is 5.91 Å². The van der Waals surface area contributed by atoms with Gasteiger partial charge in [-0.2, -0.15) is 0 Å². The van der Waals surface area contributed by atoms with E-state index in [2.05, 4.69) is 19.2 Å². The molecule has 4 heteroatoms. The number of hydrogen-bond donors (Lipinski definition) is 2. The Bertz CT molecular complexity index is 670. The van der Waals surface area contributed by atoms with E-state index in [9.17, 15) is 4.79 Å². The summed E-state index contributed by atoms with van der Waals surface area (Å²) in [6, 6.07) is 17.4. The molecule has 0 heterocycles. The molecule has 2 aromatic carbocycles. The molecule has 26 heavy (non-hydrogen) atoms. The second kappa shape index (κ2) is 9.97. The highest BCUT2D eigenvalue weighted by Gasteiger charge is 2.19. The molecule has 0 saturated heterocycles. The van der Waals surface area contributed by atoms with E-state index in [1.807, 2.05) is 61.5 Å². The van der Waals surface area contributed by atoms with E-state index < -0.39 is 0 Å². The van der Waals surface area contributed by atoms with E-state index in [0.29, 0.717) is 19.1 Å². The number of ether oxygens (including phenoxy) is 1. The zero-order chi connectivity index (χ0) is 18.9. The lowest BCUT2D eigenvalue weighted by molar-refractivity contribution is -0.122. The van der Waals surface area contributed by atoms with E-state index >= 15 is 0 Å². The Morgan fingerprint density at radius 1 is 1.04 bits per heavy atom. The molecule has 3 N–H and O–H groups in total. The topological polar surface area (TPSA) is 64.3 Å². The summed E-state index contributed by atoms with van der Waals surface area (Å²) in [4.78, 5) is 12.6. The van der Waals surface area contributed by atoms with Gasteiger partial charge in [-0.05, 0) is 36.1 Å². The minimum absolute atomic E-state index is 0.0243. The Kier molecular flexibility index (Phi) is 7.67. The number of carbonyl (C=O) groups is 1. The molecule has 0 saturated carbocycles. The number of amides is 1. The van der Waals surface area contributed by atoms with Gasteiger partial charge >= 0.3 is 0 Å². The van der Waals surface area contributed by atoms with E-state index in [-0.39, 0.29) is 17.9 Å². The van der Waals surface area contributed by atoms with Crippen molar-refractivity contribution in [2.75, 3.05) is 13.2 Å². The van der Waals surface area contributed by atoms with E-state index in [1.54, 1.807) is 0 Å². The Morgan fingerprint density at radius 2 is 1.69 bits per heavy atom. The molecule has 0 bridgehead atoms. The van der Waals surface area contributed by atoms with Gasteiger partial charge in [0.25, 0.3) is 0 Å². The normalized spacial score (nSPS) is 14.3. The summed E-state index contributed by atoms with van der Waals surface area (Å²) >= 11 is 0. The average molecular weight is 354 g/mol. The smallest absolute Gasteiger partial charge is 0.227 e. The van der Waals surface area contributed by atoms with Crippen LogP contribution in [-0.2, 0) is 4.79 Å². The minimum Gasteiger partial charge on any atom is -0.493 e. The number of benzene rings is 2. The zero-order valence-electron chi connectivity index (χ0n) is 15.9. The van der Waals surface area contributed by atoms with Crippen LogP contribution in [0, 0.1) is 5.92 Å². The molecule has 3 unspecified atom stereocenters. The lowest BCUT2D eigenvalue weighted by Gasteiger charge is -2.21. The number of nitrogens with one attached hydrogen (secondary N) is 1. The summed E-state index contributed by atoms with van der Waals surface area (Å²) in [5.74, 6) is 1.13. The highest BCUT2D eigenvalue weighted by molar-refractivity contribution is 5.83. The third kappa shape index (κ3) is 5.60. The zero-order valence-corrected chi connectivity index (χ0v) is 15.9. The van der Waals surface area contributed by atoms with Crippen molar-refractivity contribution in [3.8, 4) is 5.75 Å². The lowest BCUT2D eigenvalue weighted by atomic mass is 9.99. The molecular weight excluding hydrogens is 324 g/mol. The van der Waals surface area contributed by atoms with Crippen molar-refractivity contribution in [1.82, 2.24) is 5.32 Å². The molecule has 0 spiro atoms.